The summed E-state index contributed by atoms with van der Waals surface area (Å²) in [6.07, 6.45) is 6.60. The van der Waals surface area contributed by atoms with E-state index in [1.165, 1.54) is 26.7 Å². The standard InChI is InChI=1S/C11H21NO2S/c1-11(2,14)10(13)12-8-5-4-6-9(7-8)15-3/h8-9,14H,4-7H2,1-3H3,(H,12,13). The van der Waals surface area contributed by atoms with Crippen LogP contribution in [0.4, 0.5) is 0 Å². The minimum Gasteiger partial charge on any atom is -0.381 e. The van der Waals surface area contributed by atoms with Gasteiger partial charge in [-0.2, -0.15) is 11.8 Å². The van der Waals surface area contributed by atoms with E-state index in [1.54, 1.807) is 0 Å². The molecule has 2 unspecified atom stereocenters. The quantitative estimate of drug-likeness (QED) is 0.775. The molecule has 1 saturated carbocycles. The Hall–Kier alpha value is -0.220. The topological polar surface area (TPSA) is 49.3 Å². The highest BCUT2D eigenvalue weighted by atomic mass is 32.2. The highest BCUT2D eigenvalue weighted by Gasteiger charge is 2.28. The van der Waals surface area contributed by atoms with Crippen molar-refractivity contribution in [1.82, 2.24) is 5.32 Å². The van der Waals surface area contributed by atoms with Crippen molar-refractivity contribution in [2.24, 2.45) is 0 Å². The Kier molecular flexibility index (Phi) is 4.46. The average Bonchev–Trinajstić information content (AvgIpc) is 2.16. The molecule has 0 heterocycles. The molecule has 1 aliphatic rings. The van der Waals surface area contributed by atoms with E-state index in [9.17, 15) is 9.90 Å². The summed E-state index contributed by atoms with van der Waals surface area (Å²) in [6, 6.07) is 0.245. The molecule has 0 saturated heterocycles. The first-order chi connectivity index (χ1) is 6.93. The van der Waals surface area contributed by atoms with Gasteiger partial charge in [0.2, 0.25) is 0 Å². The summed E-state index contributed by atoms with van der Waals surface area (Å²) >= 11 is 1.87. The number of hydrogen-bond acceptors (Lipinski definition) is 3. The molecule has 1 fully saturated rings. The molecule has 1 aliphatic carbocycles. The van der Waals surface area contributed by atoms with Crippen LogP contribution in [0.1, 0.15) is 39.5 Å². The summed E-state index contributed by atoms with van der Waals surface area (Å²) in [7, 11) is 0. The molecule has 0 aromatic carbocycles. The maximum Gasteiger partial charge on any atom is 0.251 e. The van der Waals surface area contributed by atoms with Crippen LogP contribution in [-0.2, 0) is 4.79 Å². The molecule has 2 atom stereocenters. The second kappa shape index (κ2) is 5.21. The van der Waals surface area contributed by atoms with Crippen LogP contribution in [0.5, 0.6) is 0 Å². The van der Waals surface area contributed by atoms with Gasteiger partial charge in [0.1, 0.15) is 5.60 Å². The number of nitrogens with one attached hydrogen (secondary N) is 1. The molecule has 88 valence electrons. The first-order valence-corrected chi connectivity index (χ1v) is 6.78. The zero-order valence-electron chi connectivity index (χ0n) is 9.75. The van der Waals surface area contributed by atoms with E-state index in [4.69, 9.17) is 0 Å². The summed E-state index contributed by atoms with van der Waals surface area (Å²) in [5.41, 5.74) is -1.26. The van der Waals surface area contributed by atoms with E-state index >= 15 is 0 Å². The summed E-state index contributed by atoms with van der Waals surface area (Å²) in [5.74, 6) is -0.255. The van der Waals surface area contributed by atoms with Crippen molar-refractivity contribution in [1.29, 1.82) is 0 Å². The Labute approximate surface area is 96.0 Å². The largest absolute Gasteiger partial charge is 0.381 e. The number of amides is 1. The summed E-state index contributed by atoms with van der Waals surface area (Å²) in [6.45, 7) is 3.05. The van der Waals surface area contributed by atoms with E-state index in [0.717, 1.165) is 12.8 Å². The minimum absolute atomic E-state index is 0.245. The van der Waals surface area contributed by atoms with Crippen molar-refractivity contribution in [2.75, 3.05) is 6.26 Å². The SMILES string of the molecule is CSC1CCCC(NC(=O)C(C)(C)O)C1. The van der Waals surface area contributed by atoms with Gasteiger partial charge in [0, 0.05) is 11.3 Å². The Morgan fingerprint density at radius 3 is 2.67 bits per heavy atom. The molecule has 0 aromatic heterocycles. The van der Waals surface area contributed by atoms with Crippen LogP contribution in [-0.4, -0.2) is 34.2 Å². The second-order valence-corrected chi connectivity index (χ2v) is 5.89. The van der Waals surface area contributed by atoms with Crippen LogP contribution in [0.15, 0.2) is 0 Å². The molecular weight excluding hydrogens is 210 g/mol. The predicted octanol–water partition coefficient (Wildman–Crippen LogP) is 1.55. The number of carbonyl (C=O) groups is 1. The molecule has 1 amide bonds. The monoisotopic (exact) mass is 231 g/mol. The van der Waals surface area contributed by atoms with Gasteiger partial charge in [-0.15, -0.1) is 0 Å². The molecular formula is C11H21NO2S. The highest BCUT2D eigenvalue weighted by molar-refractivity contribution is 7.99. The fraction of sp³-hybridized carbons (Fsp3) is 0.909. The van der Waals surface area contributed by atoms with Crippen molar-refractivity contribution >= 4 is 17.7 Å². The van der Waals surface area contributed by atoms with Gasteiger partial charge >= 0.3 is 0 Å². The van der Waals surface area contributed by atoms with Crippen LogP contribution in [0.3, 0.4) is 0 Å². The lowest BCUT2D eigenvalue weighted by Gasteiger charge is -2.30. The molecule has 0 aliphatic heterocycles. The third-order valence-electron chi connectivity index (χ3n) is 2.85. The fourth-order valence-corrected chi connectivity index (χ4v) is 2.68. The van der Waals surface area contributed by atoms with E-state index in [-0.39, 0.29) is 11.9 Å². The maximum atomic E-state index is 11.6. The zero-order valence-corrected chi connectivity index (χ0v) is 10.6. The number of carbonyl (C=O) groups excluding carboxylic acids is 1. The molecule has 3 nitrogen and oxygen atoms in total. The Bertz CT molecular complexity index is 225. The Morgan fingerprint density at radius 2 is 2.13 bits per heavy atom. The summed E-state index contributed by atoms with van der Waals surface area (Å²) in [4.78, 5) is 11.6. The Morgan fingerprint density at radius 1 is 1.47 bits per heavy atom. The molecule has 0 aromatic rings. The lowest BCUT2D eigenvalue weighted by molar-refractivity contribution is -0.137. The van der Waals surface area contributed by atoms with Crippen LogP contribution in [0.2, 0.25) is 0 Å². The van der Waals surface area contributed by atoms with E-state index in [0.29, 0.717) is 5.25 Å². The molecule has 1 rings (SSSR count). The number of rotatable bonds is 3. The second-order valence-electron chi connectivity index (χ2n) is 4.75. The average molecular weight is 231 g/mol. The molecule has 2 N–H and O–H groups in total. The number of aliphatic hydroxyl groups is 1. The molecule has 15 heavy (non-hydrogen) atoms. The minimum atomic E-state index is -1.26. The van der Waals surface area contributed by atoms with Gasteiger partial charge in [-0.05, 0) is 39.4 Å². The number of thioether (sulfide) groups is 1. The zero-order chi connectivity index (χ0) is 11.5. The first-order valence-electron chi connectivity index (χ1n) is 5.49. The van der Waals surface area contributed by atoms with Gasteiger partial charge in [-0.3, -0.25) is 4.79 Å². The Balaban J connectivity index is 2.41. The lowest BCUT2D eigenvalue weighted by Crippen LogP contribution is -2.48. The van der Waals surface area contributed by atoms with Gasteiger partial charge < -0.3 is 10.4 Å². The van der Waals surface area contributed by atoms with E-state index in [2.05, 4.69) is 11.6 Å². The van der Waals surface area contributed by atoms with E-state index < -0.39 is 5.60 Å². The fourth-order valence-electron chi connectivity index (χ4n) is 1.85. The molecule has 0 spiro atoms. The lowest BCUT2D eigenvalue weighted by atomic mass is 9.94. The summed E-state index contributed by atoms with van der Waals surface area (Å²) < 4.78 is 0. The van der Waals surface area contributed by atoms with Gasteiger partial charge in [0.15, 0.2) is 0 Å². The van der Waals surface area contributed by atoms with Crippen molar-refractivity contribution in [3.63, 3.8) is 0 Å². The van der Waals surface area contributed by atoms with Crippen LogP contribution < -0.4 is 5.32 Å². The van der Waals surface area contributed by atoms with Gasteiger partial charge in [0.05, 0.1) is 0 Å². The van der Waals surface area contributed by atoms with Crippen molar-refractivity contribution < 1.29 is 9.90 Å². The van der Waals surface area contributed by atoms with Crippen LogP contribution >= 0.6 is 11.8 Å². The predicted molar refractivity (Wildman–Crippen MR) is 64.0 cm³/mol. The highest BCUT2D eigenvalue weighted by Crippen LogP contribution is 2.27. The van der Waals surface area contributed by atoms with E-state index in [1.807, 2.05) is 11.8 Å². The maximum absolute atomic E-state index is 11.6. The van der Waals surface area contributed by atoms with Crippen molar-refractivity contribution in [3.8, 4) is 0 Å². The van der Waals surface area contributed by atoms with Crippen molar-refractivity contribution in [3.05, 3.63) is 0 Å². The normalized spacial score (nSPS) is 27.5. The van der Waals surface area contributed by atoms with Crippen molar-refractivity contribution in [2.45, 2.75) is 56.4 Å². The van der Waals surface area contributed by atoms with Gasteiger partial charge in [0.25, 0.3) is 5.91 Å². The molecule has 4 heteroatoms. The third-order valence-corrected chi connectivity index (χ3v) is 3.95. The molecule has 0 radical (unpaired) electrons. The van der Waals surface area contributed by atoms with Crippen LogP contribution in [0, 0.1) is 0 Å². The van der Waals surface area contributed by atoms with Crippen LogP contribution in [0.25, 0.3) is 0 Å². The number of hydrogen-bond donors (Lipinski definition) is 2. The third kappa shape index (κ3) is 4.03. The summed E-state index contributed by atoms with van der Waals surface area (Å²) in [5, 5.41) is 13.1. The molecule has 0 bridgehead atoms. The van der Waals surface area contributed by atoms with Gasteiger partial charge in [-0.1, -0.05) is 6.42 Å². The first kappa shape index (κ1) is 12.8. The van der Waals surface area contributed by atoms with Gasteiger partial charge in [-0.25, -0.2) is 0 Å². The smallest absolute Gasteiger partial charge is 0.251 e.